The Morgan fingerprint density at radius 3 is 0.714 bits per heavy atom. The molecule has 0 saturated carbocycles. The second kappa shape index (κ2) is 55.4. The van der Waals surface area contributed by atoms with Crippen LogP contribution in [0.2, 0.25) is 0 Å². The van der Waals surface area contributed by atoms with Gasteiger partial charge in [0.15, 0.2) is 0 Å². The van der Waals surface area contributed by atoms with Crippen molar-refractivity contribution in [3.8, 4) is 0 Å². The van der Waals surface area contributed by atoms with Gasteiger partial charge >= 0.3 is 39.5 Å². The van der Waals surface area contributed by atoms with E-state index in [9.17, 15) is 0 Å². The predicted molar refractivity (Wildman–Crippen MR) is 37.6 cm³/mol. The first-order valence-corrected chi connectivity index (χ1v) is 2.31. The van der Waals surface area contributed by atoms with E-state index >= 15 is 0 Å². The first-order chi connectivity index (χ1) is 3.64. The molecule has 0 aliphatic heterocycles. The van der Waals surface area contributed by atoms with Crippen LogP contribution in [0, 0.1) is 0 Å². The van der Waals surface area contributed by atoms with Crippen LogP contribution in [0.25, 0.3) is 0 Å². The molecule has 0 saturated heterocycles. The Hall–Kier alpha value is -0.617. The van der Waals surface area contributed by atoms with Crippen LogP contribution in [0.3, 0.4) is 0 Å². The van der Waals surface area contributed by atoms with Crippen molar-refractivity contribution < 1.29 is 80.2 Å². The van der Waals surface area contributed by atoms with Gasteiger partial charge in [0.1, 0.15) is 0 Å². The maximum absolute atomic E-state index is 9.10. The molecule has 0 fully saturated rings. The Morgan fingerprint density at radius 1 is 0.643 bits per heavy atom. The van der Waals surface area contributed by atoms with Crippen LogP contribution >= 0.6 is 0 Å². The quantitative estimate of drug-likeness (QED) is 0.412. The molecule has 0 heterocycles. The predicted octanol–water partition coefficient (Wildman–Crippen LogP) is -5.91. The molecule has 0 radical (unpaired) electrons. The molecular formula is C2H14O11Zr. The molecule has 0 aliphatic carbocycles. The van der Waals surface area contributed by atoms with Crippen LogP contribution in [0.4, 0.5) is 0 Å². The zero-order valence-corrected chi connectivity index (χ0v) is 9.08. The number of carboxylic acid groups (broad SMARTS) is 2. The molecule has 0 spiro atoms. The average molecular weight is 305 g/mol. The molecule has 0 aromatic carbocycles. The summed E-state index contributed by atoms with van der Waals surface area (Å²) >= 11 is 0.300. The van der Waals surface area contributed by atoms with E-state index in [0.29, 0.717) is 24.7 Å². The van der Waals surface area contributed by atoms with Crippen LogP contribution in [-0.2, 0) is 37.1 Å². The molecule has 12 heteroatoms. The van der Waals surface area contributed by atoms with Crippen molar-refractivity contribution in [3.05, 3.63) is 0 Å². The molecule has 0 aliphatic rings. The summed E-state index contributed by atoms with van der Waals surface area (Å²) in [4.78, 5) is 18.2. The molecule has 0 atom stereocenters. The van der Waals surface area contributed by atoms with Gasteiger partial charge in [-0.3, -0.25) is 0 Å². The van der Waals surface area contributed by atoms with Gasteiger partial charge in [-0.2, -0.15) is 0 Å². The van der Waals surface area contributed by atoms with E-state index in [2.05, 4.69) is 0 Å². The third kappa shape index (κ3) is 107. The fraction of sp³-hybridized carbons (Fsp3) is 0. The van der Waals surface area contributed by atoms with Crippen molar-refractivity contribution in [1.29, 1.82) is 0 Å². The summed E-state index contributed by atoms with van der Waals surface area (Å²) in [5.74, 6) is -3.65. The average Bonchev–Trinajstić information content (AvgIpc) is 1.72. The maximum atomic E-state index is 9.10. The standard InChI is InChI=1S/C2H2O4.6H2O.O.Zr/c3-1(4)2(5)6;;;;;;;;/h(H,3,4)(H,5,6);6*1H2;;. The van der Waals surface area contributed by atoms with E-state index in [1.807, 2.05) is 0 Å². The summed E-state index contributed by atoms with van der Waals surface area (Å²) in [5.41, 5.74) is 0. The van der Waals surface area contributed by atoms with Gasteiger partial charge in [0.2, 0.25) is 0 Å². The Bertz CT molecular complexity index is 89.5. The molecule has 0 aromatic heterocycles. The summed E-state index contributed by atoms with van der Waals surface area (Å²) in [6.45, 7) is 0. The van der Waals surface area contributed by atoms with Gasteiger partial charge in [-0.25, -0.2) is 9.59 Å². The first-order valence-electron chi connectivity index (χ1n) is 1.31. The van der Waals surface area contributed by atoms with E-state index in [-0.39, 0.29) is 32.9 Å². The van der Waals surface area contributed by atoms with Crippen molar-refractivity contribution in [3.63, 3.8) is 0 Å². The van der Waals surface area contributed by atoms with E-state index in [4.69, 9.17) is 22.6 Å². The molecule has 0 aromatic rings. The van der Waals surface area contributed by atoms with Crippen LogP contribution in [0.15, 0.2) is 0 Å². The Morgan fingerprint density at radius 2 is 0.714 bits per heavy atom. The number of carboxylic acids is 2. The Kier molecular flexibility index (Phi) is 280. The minimum absolute atomic E-state index is 0. The third-order valence-corrected chi connectivity index (χ3v) is 0.183. The van der Waals surface area contributed by atoms with Gasteiger partial charge < -0.3 is 43.1 Å². The summed E-state index contributed by atoms with van der Waals surface area (Å²) in [6.07, 6.45) is 0. The van der Waals surface area contributed by atoms with Gasteiger partial charge in [-0.1, -0.05) is 0 Å². The third-order valence-electron chi connectivity index (χ3n) is 0.183. The number of carbonyl (C=O) groups is 2. The van der Waals surface area contributed by atoms with Gasteiger partial charge in [-0.05, 0) is 0 Å². The monoisotopic (exact) mass is 304 g/mol. The van der Waals surface area contributed by atoms with E-state index < -0.39 is 11.9 Å². The molecule has 0 unspecified atom stereocenters. The number of hydrogen-bond acceptors (Lipinski definition) is 3. The van der Waals surface area contributed by atoms with Crippen molar-refractivity contribution in [2.24, 2.45) is 0 Å². The molecular weight excluding hydrogens is 291 g/mol. The zero-order valence-electron chi connectivity index (χ0n) is 6.62. The summed E-state index contributed by atoms with van der Waals surface area (Å²) in [5, 5.41) is 14.8. The SMILES string of the molecule is O.O.O.O.O.O.O=C(O)C(=O)O.[O]=[Zr]. The van der Waals surface area contributed by atoms with Crippen LogP contribution in [-0.4, -0.2) is 55.0 Å². The van der Waals surface area contributed by atoms with Crippen LogP contribution < -0.4 is 0 Å². The molecule has 14 heavy (non-hydrogen) atoms. The Labute approximate surface area is 92.5 Å². The van der Waals surface area contributed by atoms with Gasteiger partial charge in [0.05, 0.1) is 0 Å². The summed E-state index contributed by atoms with van der Waals surface area (Å²) in [6, 6.07) is 0. The second-order valence-corrected chi connectivity index (χ2v) is 0.610. The minimum atomic E-state index is -1.82. The van der Waals surface area contributed by atoms with E-state index in [1.54, 1.807) is 0 Å². The molecule has 0 amide bonds. The first kappa shape index (κ1) is 70.8. The van der Waals surface area contributed by atoms with Gasteiger partial charge in [0.25, 0.3) is 0 Å². The fourth-order valence-electron chi connectivity index (χ4n) is 0. The molecule has 14 N–H and O–H groups in total. The van der Waals surface area contributed by atoms with Crippen molar-refractivity contribution >= 4 is 11.9 Å². The van der Waals surface area contributed by atoms with Gasteiger partial charge in [0, 0.05) is 0 Å². The zero-order chi connectivity index (χ0) is 7.15. The second-order valence-electron chi connectivity index (χ2n) is 0.610. The van der Waals surface area contributed by atoms with Crippen molar-refractivity contribution in [1.82, 2.24) is 0 Å². The van der Waals surface area contributed by atoms with Crippen LogP contribution in [0.1, 0.15) is 0 Å². The van der Waals surface area contributed by atoms with Crippen molar-refractivity contribution in [2.45, 2.75) is 0 Å². The Balaban J connectivity index is -0.00000000708. The van der Waals surface area contributed by atoms with E-state index in [0.717, 1.165) is 0 Å². The molecule has 0 rings (SSSR count). The fourth-order valence-corrected chi connectivity index (χ4v) is 0. The summed E-state index contributed by atoms with van der Waals surface area (Å²) < 4.78 is 8.34. The number of hydrogen-bond donors (Lipinski definition) is 2. The normalized spacial score (nSPS) is 3.36. The topological polar surface area (TPSA) is 281 Å². The molecule has 92 valence electrons. The van der Waals surface area contributed by atoms with Gasteiger partial charge in [-0.15, -0.1) is 0 Å². The molecule has 0 bridgehead atoms. The van der Waals surface area contributed by atoms with E-state index in [1.165, 1.54) is 0 Å². The number of aliphatic carboxylic acids is 2. The molecule has 11 nitrogen and oxygen atoms in total. The number of rotatable bonds is 0. The van der Waals surface area contributed by atoms with Crippen molar-refractivity contribution in [2.75, 3.05) is 0 Å². The summed E-state index contributed by atoms with van der Waals surface area (Å²) in [7, 11) is 0. The van der Waals surface area contributed by atoms with Crippen LogP contribution in [0.5, 0.6) is 0 Å².